The zero-order chi connectivity index (χ0) is 11.2. The minimum Gasteiger partial charge on any atom is -0.379 e. The fourth-order valence-electron chi connectivity index (χ4n) is 2.68. The van der Waals surface area contributed by atoms with Gasteiger partial charge >= 0.3 is 0 Å². The number of nitrogens with zero attached hydrogens (tertiary/aromatic N) is 2. The normalized spacial score (nSPS) is 26.1. The lowest BCUT2D eigenvalue weighted by molar-refractivity contribution is 0.0230. The Morgan fingerprint density at radius 2 is 1.75 bits per heavy atom. The summed E-state index contributed by atoms with van der Waals surface area (Å²) >= 11 is 0. The van der Waals surface area contributed by atoms with Crippen LogP contribution in [0.15, 0.2) is 0 Å². The topological polar surface area (TPSA) is 15.7 Å². The second-order valence-electron chi connectivity index (χ2n) is 4.99. The van der Waals surface area contributed by atoms with E-state index in [1.807, 2.05) is 0 Å². The van der Waals surface area contributed by atoms with Gasteiger partial charge in [-0.1, -0.05) is 0 Å². The predicted molar refractivity (Wildman–Crippen MR) is 66.4 cm³/mol. The average molecular weight is 225 g/mol. The van der Waals surface area contributed by atoms with E-state index in [4.69, 9.17) is 4.74 Å². The quantitative estimate of drug-likeness (QED) is 0.703. The van der Waals surface area contributed by atoms with E-state index >= 15 is 0 Å². The van der Waals surface area contributed by atoms with Crippen LogP contribution in [0.3, 0.4) is 0 Å². The van der Waals surface area contributed by atoms with Crippen molar-refractivity contribution in [3.8, 4) is 0 Å². The van der Waals surface area contributed by atoms with Crippen molar-refractivity contribution >= 4 is 0 Å². The minimum atomic E-state index is 0.492. The maximum atomic E-state index is 5.36. The van der Waals surface area contributed by atoms with E-state index in [1.165, 1.54) is 45.3 Å². The highest BCUT2D eigenvalue weighted by Crippen LogP contribution is 2.12. The maximum absolute atomic E-state index is 5.36. The molecule has 3 heteroatoms. The largest absolute Gasteiger partial charge is 0.379 e. The first kappa shape index (κ1) is 12.3. The van der Waals surface area contributed by atoms with E-state index < -0.39 is 0 Å². The summed E-state index contributed by atoms with van der Waals surface area (Å²) in [6.45, 7) is 12.1. The van der Waals surface area contributed by atoms with Crippen LogP contribution in [0.5, 0.6) is 0 Å². The molecular weight excluding hydrogens is 200 g/mol. The Hall–Kier alpha value is -0.120. The van der Waals surface area contributed by atoms with Gasteiger partial charge in [-0.15, -0.1) is 0 Å². The van der Waals surface area contributed by atoms with Crippen molar-refractivity contribution in [1.29, 1.82) is 0 Å². The van der Waals surface area contributed by atoms with Crippen molar-refractivity contribution in [3.63, 3.8) is 0 Å². The van der Waals surface area contributed by atoms with Gasteiger partial charge in [0, 0.05) is 19.1 Å². The van der Waals surface area contributed by atoms with E-state index in [0.29, 0.717) is 6.04 Å². The third-order valence-corrected chi connectivity index (χ3v) is 3.77. The highest BCUT2D eigenvalue weighted by Gasteiger charge is 2.17. The van der Waals surface area contributed by atoms with Crippen LogP contribution in [-0.2, 0) is 4.74 Å². The van der Waals surface area contributed by atoms with Gasteiger partial charge in [-0.3, -0.25) is 4.90 Å². The van der Waals surface area contributed by atoms with Crippen molar-refractivity contribution in [1.82, 2.24) is 9.80 Å². The van der Waals surface area contributed by atoms with Crippen LogP contribution in [0.4, 0.5) is 0 Å². The summed E-state index contributed by atoms with van der Waals surface area (Å²) in [5.74, 6) is 0. The molecule has 1 radical (unpaired) electrons. The average Bonchev–Trinajstić information content (AvgIpc) is 2.83. The van der Waals surface area contributed by atoms with Crippen LogP contribution < -0.4 is 0 Å². The Morgan fingerprint density at radius 1 is 1.06 bits per heavy atom. The van der Waals surface area contributed by atoms with Gasteiger partial charge in [0.2, 0.25) is 0 Å². The Kier molecular flexibility index (Phi) is 5.07. The molecule has 93 valence electrons. The molecule has 0 aromatic heterocycles. The summed E-state index contributed by atoms with van der Waals surface area (Å²) in [6, 6.07) is 0.492. The zero-order valence-corrected chi connectivity index (χ0v) is 10.4. The second kappa shape index (κ2) is 6.58. The Balaban J connectivity index is 1.57. The van der Waals surface area contributed by atoms with Crippen molar-refractivity contribution < 1.29 is 4.74 Å². The number of ether oxygens (including phenoxy) is 1. The molecule has 0 bridgehead atoms. The molecule has 0 aliphatic carbocycles. The van der Waals surface area contributed by atoms with E-state index in [2.05, 4.69) is 16.7 Å². The van der Waals surface area contributed by atoms with Gasteiger partial charge in [0.25, 0.3) is 0 Å². The molecule has 2 saturated heterocycles. The molecular formula is C13H25N2O. The standard InChI is InChI=1S/C13H25N2O/c1-13(15-9-11-16-12-10-15)5-4-8-14-6-2-3-7-14/h13H,1-12H2. The first-order chi connectivity index (χ1) is 7.86. The molecule has 0 amide bonds. The smallest absolute Gasteiger partial charge is 0.0594 e. The summed E-state index contributed by atoms with van der Waals surface area (Å²) in [5, 5.41) is 0. The highest BCUT2D eigenvalue weighted by molar-refractivity contribution is 4.76. The van der Waals surface area contributed by atoms with Crippen molar-refractivity contribution in [2.45, 2.75) is 31.7 Å². The lowest BCUT2D eigenvalue weighted by Crippen LogP contribution is -2.42. The van der Waals surface area contributed by atoms with E-state index in [0.717, 1.165) is 26.3 Å². The lowest BCUT2D eigenvalue weighted by Gasteiger charge is -2.32. The molecule has 3 nitrogen and oxygen atoms in total. The molecule has 2 aliphatic heterocycles. The summed E-state index contributed by atoms with van der Waals surface area (Å²) in [7, 11) is 0. The van der Waals surface area contributed by atoms with Crippen molar-refractivity contribution in [3.05, 3.63) is 6.92 Å². The fourth-order valence-corrected chi connectivity index (χ4v) is 2.68. The SMILES string of the molecule is [CH2]C(CCCN1CCCC1)N1CCOCC1. The van der Waals surface area contributed by atoms with Crippen LogP contribution in [0.1, 0.15) is 25.7 Å². The van der Waals surface area contributed by atoms with Gasteiger partial charge in [0.1, 0.15) is 0 Å². The summed E-state index contributed by atoms with van der Waals surface area (Å²) in [4.78, 5) is 5.06. The summed E-state index contributed by atoms with van der Waals surface area (Å²) in [5.41, 5.74) is 0. The Bertz CT molecular complexity index is 186. The van der Waals surface area contributed by atoms with Crippen molar-refractivity contribution in [2.24, 2.45) is 0 Å². The van der Waals surface area contributed by atoms with Crippen LogP contribution >= 0.6 is 0 Å². The second-order valence-corrected chi connectivity index (χ2v) is 4.99. The number of hydrogen-bond acceptors (Lipinski definition) is 3. The van der Waals surface area contributed by atoms with Gasteiger partial charge in [-0.25, -0.2) is 0 Å². The molecule has 0 spiro atoms. The summed E-state index contributed by atoms with van der Waals surface area (Å²) < 4.78 is 5.36. The van der Waals surface area contributed by atoms with Gasteiger partial charge in [0.05, 0.1) is 13.2 Å². The minimum absolute atomic E-state index is 0.492. The zero-order valence-electron chi connectivity index (χ0n) is 10.4. The van der Waals surface area contributed by atoms with E-state index in [9.17, 15) is 0 Å². The Morgan fingerprint density at radius 3 is 2.44 bits per heavy atom. The van der Waals surface area contributed by atoms with E-state index in [1.54, 1.807) is 0 Å². The third kappa shape index (κ3) is 3.72. The molecule has 2 heterocycles. The maximum Gasteiger partial charge on any atom is 0.0594 e. The molecule has 0 aromatic carbocycles. The van der Waals surface area contributed by atoms with Crippen LogP contribution in [0, 0.1) is 6.92 Å². The van der Waals surface area contributed by atoms with Crippen LogP contribution in [0.25, 0.3) is 0 Å². The predicted octanol–water partition coefficient (Wildman–Crippen LogP) is 1.40. The molecule has 2 fully saturated rings. The van der Waals surface area contributed by atoms with E-state index in [-0.39, 0.29) is 0 Å². The molecule has 0 saturated carbocycles. The lowest BCUT2D eigenvalue weighted by atomic mass is 10.1. The molecule has 2 aliphatic rings. The monoisotopic (exact) mass is 225 g/mol. The van der Waals surface area contributed by atoms with Gasteiger partial charge in [-0.2, -0.15) is 0 Å². The molecule has 1 atom stereocenters. The number of morpholine rings is 1. The molecule has 2 rings (SSSR count). The molecule has 0 N–H and O–H groups in total. The van der Waals surface area contributed by atoms with Crippen LogP contribution in [-0.4, -0.2) is 61.8 Å². The van der Waals surface area contributed by atoms with Gasteiger partial charge < -0.3 is 9.64 Å². The third-order valence-electron chi connectivity index (χ3n) is 3.77. The van der Waals surface area contributed by atoms with Gasteiger partial charge in [0.15, 0.2) is 0 Å². The highest BCUT2D eigenvalue weighted by atomic mass is 16.5. The Labute approximate surface area is 99.7 Å². The van der Waals surface area contributed by atoms with Crippen molar-refractivity contribution in [2.75, 3.05) is 45.9 Å². The number of likely N-dealkylation sites (tertiary alicyclic amines) is 1. The summed E-state index contributed by atoms with van der Waals surface area (Å²) in [6.07, 6.45) is 5.33. The molecule has 0 aromatic rings. The first-order valence-electron chi connectivity index (χ1n) is 6.73. The fraction of sp³-hybridized carbons (Fsp3) is 0.923. The number of hydrogen-bond donors (Lipinski definition) is 0. The molecule has 1 unspecified atom stereocenters. The van der Waals surface area contributed by atoms with Gasteiger partial charge in [-0.05, 0) is 52.2 Å². The first-order valence-corrected chi connectivity index (χ1v) is 6.73. The number of rotatable bonds is 5. The molecule has 16 heavy (non-hydrogen) atoms. The van der Waals surface area contributed by atoms with Crippen LogP contribution in [0.2, 0.25) is 0 Å².